The standard InChI is InChI=1S/C14H26N2OS/c1-13(2)6-5-11(17)16(9-7-13)10-8-14(3,4)12(15)18/h5-10H2,1-4H3,(H2,15,18). The fraction of sp³-hybridized carbons (Fsp3) is 0.857. The van der Waals surface area contributed by atoms with Gasteiger partial charge in [0.25, 0.3) is 0 Å². The number of hydrogen-bond donors (Lipinski definition) is 1. The fourth-order valence-corrected chi connectivity index (χ4v) is 2.17. The zero-order valence-electron chi connectivity index (χ0n) is 12.1. The number of rotatable bonds is 4. The van der Waals surface area contributed by atoms with Gasteiger partial charge in [0, 0.05) is 24.9 Å². The van der Waals surface area contributed by atoms with E-state index >= 15 is 0 Å². The summed E-state index contributed by atoms with van der Waals surface area (Å²) in [6.07, 6.45) is 3.57. The highest BCUT2D eigenvalue weighted by atomic mass is 32.1. The Morgan fingerprint density at radius 1 is 1.44 bits per heavy atom. The van der Waals surface area contributed by atoms with Crippen LogP contribution < -0.4 is 5.73 Å². The molecule has 1 aliphatic rings. The summed E-state index contributed by atoms with van der Waals surface area (Å²) in [5.41, 5.74) is 5.83. The van der Waals surface area contributed by atoms with Crippen LogP contribution in [0.15, 0.2) is 0 Å². The second kappa shape index (κ2) is 5.55. The molecule has 0 aromatic carbocycles. The number of carbonyl (C=O) groups excluding carboxylic acids is 1. The van der Waals surface area contributed by atoms with Gasteiger partial charge in [0.2, 0.25) is 5.91 Å². The van der Waals surface area contributed by atoms with Crippen molar-refractivity contribution < 1.29 is 4.79 Å². The van der Waals surface area contributed by atoms with Crippen LogP contribution in [0.5, 0.6) is 0 Å². The summed E-state index contributed by atoms with van der Waals surface area (Å²) < 4.78 is 0. The van der Waals surface area contributed by atoms with E-state index in [0.29, 0.717) is 11.4 Å². The molecule has 1 amide bonds. The lowest BCUT2D eigenvalue weighted by Gasteiger charge is -2.28. The van der Waals surface area contributed by atoms with Crippen LogP contribution in [0.3, 0.4) is 0 Å². The molecule has 0 aliphatic carbocycles. The molecule has 0 saturated carbocycles. The Morgan fingerprint density at radius 2 is 2.06 bits per heavy atom. The summed E-state index contributed by atoms with van der Waals surface area (Å²) in [5.74, 6) is 0.277. The molecule has 0 radical (unpaired) electrons. The number of nitrogens with zero attached hydrogens (tertiary/aromatic N) is 1. The zero-order chi connectivity index (χ0) is 14.0. The molecule has 0 spiro atoms. The van der Waals surface area contributed by atoms with Crippen molar-refractivity contribution in [2.24, 2.45) is 16.6 Å². The monoisotopic (exact) mass is 270 g/mol. The molecular formula is C14H26N2OS. The minimum atomic E-state index is -0.169. The van der Waals surface area contributed by atoms with E-state index in [1.165, 1.54) is 0 Å². The molecule has 104 valence electrons. The molecule has 1 fully saturated rings. The normalized spacial score (nSPS) is 20.7. The summed E-state index contributed by atoms with van der Waals surface area (Å²) in [6.45, 7) is 10.2. The van der Waals surface area contributed by atoms with Crippen LogP contribution in [0.1, 0.15) is 53.4 Å². The number of amides is 1. The number of carbonyl (C=O) groups is 1. The molecule has 1 heterocycles. The van der Waals surface area contributed by atoms with Crippen molar-refractivity contribution in [3.05, 3.63) is 0 Å². The maximum atomic E-state index is 12.1. The fourth-order valence-electron chi connectivity index (χ4n) is 2.06. The first-order chi connectivity index (χ1) is 8.14. The minimum Gasteiger partial charge on any atom is -0.393 e. The molecule has 3 nitrogen and oxygen atoms in total. The van der Waals surface area contributed by atoms with E-state index < -0.39 is 0 Å². The van der Waals surface area contributed by atoms with E-state index in [9.17, 15) is 4.79 Å². The summed E-state index contributed by atoms with van der Waals surface area (Å²) in [5, 5.41) is 0. The molecule has 0 aromatic heterocycles. The third-order valence-corrected chi connectivity index (χ3v) is 4.65. The first-order valence-electron chi connectivity index (χ1n) is 6.72. The Bertz CT molecular complexity index is 337. The lowest BCUT2D eigenvalue weighted by Crippen LogP contribution is -2.37. The van der Waals surface area contributed by atoms with Gasteiger partial charge >= 0.3 is 0 Å². The lowest BCUT2D eigenvalue weighted by atomic mass is 9.85. The van der Waals surface area contributed by atoms with Crippen molar-refractivity contribution in [2.45, 2.75) is 53.4 Å². The van der Waals surface area contributed by atoms with Crippen molar-refractivity contribution in [3.8, 4) is 0 Å². The Balaban J connectivity index is 2.57. The molecule has 0 bridgehead atoms. The topological polar surface area (TPSA) is 46.3 Å². The second-order valence-electron chi connectivity index (χ2n) is 6.79. The predicted molar refractivity (Wildman–Crippen MR) is 79.4 cm³/mol. The van der Waals surface area contributed by atoms with Crippen molar-refractivity contribution in [2.75, 3.05) is 13.1 Å². The quantitative estimate of drug-likeness (QED) is 0.799. The van der Waals surface area contributed by atoms with Crippen LogP contribution in [-0.4, -0.2) is 28.9 Å². The van der Waals surface area contributed by atoms with Gasteiger partial charge in [-0.3, -0.25) is 4.79 Å². The molecule has 0 atom stereocenters. The van der Waals surface area contributed by atoms with Gasteiger partial charge in [-0.1, -0.05) is 39.9 Å². The third kappa shape index (κ3) is 4.23. The van der Waals surface area contributed by atoms with E-state index in [1.807, 2.05) is 18.7 Å². The predicted octanol–water partition coefficient (Wildman–Crippen LogP) is 2.73. The van der Waals surface area contributed by atoms with Gasteiger partial charge in [0.05, 0.1) is 4.99 Å². The van der Waals surface area contributed by atoms with Gasteiger partial charge in [-0.2, -0.15) is 0 Å². The van der Waals surface area contributed by atoms with Gasteiger partial charge in [-0.05, 0) is 24.7 Å². The first kappa shape index (κ1) is 15.4. The van der Waals surface area contributed by atoms with Gasteiger partial charge in [0.15, 0.2) is 0 Å². The molecule has 18 heavy (non-hydrogen) atoms. The second-order valence-corrected chi connectivity index (χ2v) is 7.23. The molecule has 1 aliphatic heterocycles. The summed E-state index contributed by atoms with van der Waals surface area (Å²) in [6, 6.07) is 0. The van der Waals surface area contributed by atoms with Gasteiger partial charge < -0.3 is 10.6 Å². The van der Waals surface area contributed by atoms with Gasteiger partial charge in [0.1, 0.15) is 0 Å². The SMILES string of the molecule is CC1(C)CCC(=O)N(CCC(C)(C)C(N)=S)CC1. The minimum absolute atomic E-state index is 0.169. The largest absolute Gasteiger partial charge is 0.393 e. The maximum Gasteiger partial charge on any atom is 0.222 e. The van der Waals surface area contributed by atoms with E-state index in [0.717, 1.165) is 32.4 Å². The Kier molecular flexibility index (Phi) is 4.76. The van der Waals surface area contributed by atoms with Crippen LogP contribution >= 0.6 is 12.2 Å². The number of hydrogen-bond acceptors (Lipinski definition) is 2. The van der Waals surface area contributed by atoms with Crippen LogP contribution in [0, 0.1) is 10.8 Å². The molecule has 4 heteroatoms. The zero-order valence-corrected chi connectivity index (χ0v) is 12.9. The highest BCUT2D eigenvalue weighted by molar-refractivity contribution is 7.80. The van der Waals surface area contributed by atoms with E-state index in [2.05, 4.69) is 13.8 Å². The van der Waals surface area contributed by atoms with Crippen LogP contribution in [-0.2, 0) is 4.79 Å². The highest BCUT2D eigenvalue weighted by Crippen LogP contribution is 2.31. The van der Waals surface area contributed by atoms with E-state index in [4.69, 9.17) is 18.0 Å². The molecule has 1 rings (SSSR count). The van der Waals surface area contributed by atoms with Crippen LogP contribution in [0.2, 0.25) is 0 Å². The number of thiocarbonyl (C=S) groups is 1. The van der Waals surface area contributed by atoms with E-state index in [-0.39, 0.29) is 16.7 Å². The van der Waals surface area contributed by atoms with Crippen LogP contribution in [0.25, 0.3) is 0 Å². The maximum absolute atomic E-state index is 12.1. The molecular weight excluding hydrogens is 244 g/mol. The molecule has 1 saturated heterocycles. The number of likely N-dealkylation sites (tertiary alicyclic amines) is 1. The van der Waals surface area contributed by atoms with Crippen LogP contribution in [0.4, 0.5) is 0 Å². The number of nitrogens with two attached hydrogens (primary N) is 1. The molecule has 0 unspecified atom stereocenters. The first-order valence-corrected chi connectivity index (χ1v) is 7.13. The van der Waals surface area contributed by atoms with Crippen molar-refractivity contribution in [3.63, 3.8) is 0 Å². The highest BCUT2D eigenvalue weighted by Gasteiger charge is 2.29. The Morgan fingerprint density at radius 3 is 2.61 bits per heavy atom. The Hall–Kier alpha value is -0.640. The smallest absolute Gasteiger partial charge is 0.222 e. The van der Waals surface area contributed by atoms with Crippen molar-refractivity contribution >= 4 is 23.1 Å². The molecule has 2 N–H and O–H groups in total. The van der Waals surface area contributed by atoms with Gasteiger partial charge in [-0.25, -0.2) is 0 Å². The van der Waals surface area contributed by atoms with Gasteiger partial charge in [-0.15, -0.1) is 0 Å². The van der Waals surface area contributed by atoms with Crippen molar-refractivity contribution in [1.82, 2.24) is 4.90 Å². The molecule has 0 aromatic rings. The summed E-state index contributed by atoms with van der Waals surface area (Å²) >= 11 is 5.07. The average molecular weight is 270 g/mol. The Labute approximate surface area is 116 Å². The lowest BCUT2D eigenvalue weighted by molar-refractivity contribution is -0.130. The third-order valence-electron chi connectivity index (χ3n) is 4.10. The average Bonchev–Trinajstić information content (AvgIpc) is 2.37. The summed E-state index contributed by atoms with van der Waals surface area (Å²) in [4.78, 5) is 14.6. The van der Waals surface area contributed by atoms with E-state index in [1.54, 1.807) is 0 Å². The summed E-state index contributed by atoms with van der Waals surface area (Å²) in [7, 11) is 0. The van der Waals surface area contributed by atoms with Crippen molar-refractivity contribution in [1.29, 1.82) is 0 Å².